The molecular formula is C14H26N4O. The summed E-state index contributed by atoms with van der Waals surface area (Å²) in [6.45, 7) is 8.72. The van der Waals surface area contributed by atoms with Gasteiger partial charge in [0.2, 0.25) is 5.95 Å². The molecule has 1 aromatic rings. The maximum Gasteiger partial charge on any atom is 0.224 e. The van der Waals surface area contributed by atoms with Gasteiger partial charge < -0.3 is 15.4 Å². The molecule has 0 amide bonds. The van der Waals surface area contributed by atoms with Crippen LogP contribution < -0.4 is 15.4 Å². The summed E-state index contributed by atoms with van der Waals surface area (Å²) < 4.78 is 5.53. The van der Waals surface area contributed by atoms with E-state index in [1.807, 2.05) is 6.92 Å². The van der Waals surface area contributed by atoms with Crippen LogP contribution in [0.3, 0.4) is 0 Å². The Kier molecular flexibility index (Phi) is 7.70. The molecule has 5 nitrogen and oxygen atoms in total. The van der Waals surface area contributed by atoms with Gasteiger partial charge >= 0.3 is 0 Å². The number of nitrogens with zero attached hydrogens (tertiary/aromatic N) is 2. The second kappa shape index (κ2) is 9.42. The van der Waals surface area contributed by atoms with E-state index in [2.05, 4.69) is 34.4 Å². The van der Waals surface area contributed by atoms with Gasteiger partial charge in [0, 0.05) is 13.1 Å². The Hall–Kier alpha value is -1.52. The van der Waals surface area contributed by atoms with E-state index in [-0.39, 0.29) is 0 Å². The van der Waals surface area contributed by atoms with Crippen LogP contribution in [0.25, 0.3) is 0 Å². The fourth-order valence-corrected chi connectivity index (χ4v) is 1.60. The Morgan fingerprint density at radius 3 is 2.37 bits per heavy atom. The van der Waals surface area contributed by atoms with E-state index in [9.17, 15) is 0 Å². The van der Waals surface area contributed by atoms with Crippen LogP contribution in [-0.2, 0) is 0 Å². The van der Waals surface area contributed by atoms with Crippen molar-refractivity contribution < 1.29 is 4.74 Å². The van der Waals surface area contributed by atoms with E-state index < -0.39 is 0 Å². The van der Waals surface area contributed by atoms with Gasteiger partial charge in [-0.3, -0.25) is 0 Å². The quantitative estimate of drug-likeness (QED) is 0.636. The van der Waals surface area contributed by atoms with E-state index in [1.165, 1.54) is 0 Å². The second-order valence-corrected chi connectivity index (χ2v) is 4.40. The first-order valence-corrected chi connectivity index (χ1v) is 7.29. The minimum Gasteiger partial charge on any atom is -0.488 e. The van der Waals surface area contributed by atoms with Crippen molar-refractivity contribution in [3.8, 4) is 5.75 Å². The minimum atomic E-state index is 0.619. The van der Waals surface area contributed by atoms with Gasteiger partial charge in [-0.1, -0.05) is 26.7 Å². The van der Waals surface area contributed by atoms with Crippen molar-refractivity contribution in [1.29, 1.82) is 0 Å². The molecule has 0 unspecified atom stereocenters. The zero-order valence-electron chi connectivity index (χ0n) is 12.3. The third kappa shape index (κ3) is 5.77. The summed E-state index contributed by atoms with van der Waals surface area (Å²) in [6.07, 6.45) is 6.29. The molecule has 2 N–H and O–H groups in total. The van der Waals surface area contributed by atoms with E-state index >= 15 is 0 Å². The number of anilines is 2. The SMILES string of the molecule is CCCCNc1ncc(OCC)c(NCCCC)n1. The highest BCUT2D eigenvalue weighted by Crippen LogP contribution is 2.22. The smallest absolute Gasteiger partial charge is 0.224 e. The van der Waals surface area contributed by atoms with Crippen LogP contribution in [0.5, 0.6) is 5.75 Å². The fourth-order valence-electron chi connectivity index (χ4n) is 1.60. The standard InChI is InChI=1S/C14H26N4O/c1-4-7-9-15-13-12(19-6-3)11-17-14(18-13)16-10-8-5-2/h11H,4-10H2,1-3H3,(H2,15,16,17,18). The Labute approximate surface area is 116 Å². The molecule has 1 heterocycles. The lowest BCUT2D eigenvalue weighted by Crippen LogP contribution is -2.10. The zero-order chi connectivity index (χ0) is 13.9. The minimum absolute atomic E-state index is 0.619. The van der Waals surface area contributed by atoms with Gasteiger partial charge in [0.25, 0.3) is 0 Å². The fraction of sp³-hybridized carbons (Fsp3) is 0.714. The third-order valence-electron chi connectivity index (χ3n) is 2.69. The topological polar surface area (TPSA) is 59.1 Å². The predicted octanol–water partition coefficient (Wildman–Crippen LogP) is 3.30. The van der Waals surface area contributed by atoms with Crippen molar-refractivity contribution in [2.24, 2.45) is 0 Å². The van der Waals surface area contributed by atoms with Gasteiger partial charge in [0.15, 0.2) is 11.6 Å². The predicted molar refractivity (Wildman–Crippen MR) is 80.0 cm³/mol. The second-order valence-electron chi connectivity index (χ2n) is 4.40. The molecule has 0 fully saturated rings. The van der Waals surface area contributed by atoms with Crippen LogP contribution in [0.15, 0.2) is 6.20 Å². The van der Waals surface area contributed by atoms with E-state index in [0.717, 1.165) is 50.3 Å². The summed E-state index contributed by atoms with van der Waals surface area (Å²) >= 11 is 0. The highest BCUT2D eigenvalue weighted by atomic mass is 16.5. The lowest BCUT2D eigenvalue weighted by molar-refractivity contribution is 0.339. The average Bonchev–Trinajstić information content (AvgIpc) is 2.42. The average molecular weight is 266 g/mol. The Morgan fingerprint density at radius 1 is 1.05 bits per heavy atom. The molecule has 0 atom stereocenters. The molecule has 0 radical (unpaired) electrons. The molecule has 0 saturated heterocycles. The molecule has 1 rings (SSSR count). The van der Waals surface area contributed by atoms with Crippen LogP contribution >= 0.6 is 0 Å². The van der Waals surface area contributed by atoms with E-state index in [4.69, 9.17) is 4.74 Å². The van der Waals surface area contributed by atoms with Crippen LogP contribution in [0, 0.1) is 0 Å². The molecule has 0 aliphatic heterocycles. The highest BCUT2D eigenvalue weighted by Gasteiger charge is 2.07. The number of hydrogen-bond donors (Lipinski definition) is 2. The van der Waals surface area contributed by atoms with Crippen LogP contribution in [0.4, 0.5) is 11.8 Å². The summed E-state index contributed by atoms with van der Waals surface area (Å²) in [6, 6.07) is 0. The van der Waals surface area contributed by atoms with Crippen LogP contribution in [0.2, 0.25) is 0 Å². The number of nitrogens with one attached hydrogen (secondary N) is 2. The van der Waals surface area contributed by atoms with Crippen molar-refractivity contribution in [2.75, 3.05) is 30.3 Å². The van der Waals surface area contributed by atoms with Gasteiger partial charge in [-0.25, -0.2) is 4.98 Å². The zero-order valence-corrected chi connectivity index (χ0v) is 12.3. The van der Waals surface area contributed by atoms with Crippen LogP contribution in [-0.4, -0.2) is 29.7 Å². The first-order valence-electron chi connectivity index (χ1n) is 7.29. The maximum atomic E-state index is 5.53. The summed E-state index contributed by atoms with van der Waals surface area (Å²) in [5, 5.41) is 6.54. The number of hydrogen-bond acceptors (Lipinski definition) is 5. The number of rotatable bonds is 10. The summed E-state index contributed by atoms with van der Waals surface area (Å²) in [5.41, 5.74) is 0. The van der Waals surface area contributed by atoms with E-state index in [0.29, 0.717) is 12.6 Å². The molecule has 19 heavy (non-hydrogen) atoms. The van der Waals surface area contributed by atoms with Gasteiger partial charge in [-0.15, -0.1) is 0 Å². The lowest BCUT2D eigenvalue weighted by atomic mass is 10.3. The molecule has 5 heteroatoms. The Bertz CT molecular complexity index is 357. The van der Waals surface area contributed by atoms with Gasteiger partial charge in [-0.2, -0.15) is 4.98 Å². The number of unbranched alkanes of at least 4 members (excludes halogenated alkanes) is 2. The van der Waals surface area contributed by atoms with Gasteiger partial charge in [0.1, 0.15) is 0 Å². The molecular weight excluding hydrogens is 240 g/mol. The van der Waals surface area contributed by atoms with Gasteiger partial charge in [0.05, 0.1) is 12.8 Å². The maximum absolute atomic E-state index is 5.53. The monoisotopic (exact) mass is 266 g/mol. The first-order chi connectivity index (χ1) is 9.31. The molecule has 0 spiro atoms. The number of aromatic nitrogens is 2. The lowest BCUT2D eigenvalue weighted by Gasteiger charge is -2.12. The Morgan fingerprint density at radius 2 is 1.74 bits per heavy atom. The molecule has 1 aromatic heterocycles. The Balaban J connectivity index is 2.66. The summed E-state index contributed by atoms with van der Waals surface area (Å²) in [4.78, 5) is 8.75. The third-order valence-corrected chi connectivity index (χ3v) is 2.69. The molecule has 0 bridgehead atoms. The van der Waals surface area contributed by atoms with Crippen molar-refractivity contribution in [3.05, 3.63) is 6.20 Å². The summed E-state index contributed by atoms with van der Waals surface area (Å²) in [5.74, 6) is 2.17. The van der Waals surface area contributed by atoms with Crippen molar-refractivity contribution in [2.45, 2.75) is 46.5 Å². The molecule has 0 saturated carbocycles. The molecule has 0 aliphatic carbocycles. The van der Waals surface area contributed by atoms with Crippen LogP contribution in [0.1, 0.15) is 46.5 Å². The van der Waals surface area contributed by atoms with Crippen molar-refractivity contribution >= 4 is 11.8 Å². The molecule has 0 aromatic carbocycles. The molecule has 108 valence electrons. The highest BCUT2D eigenvalue weighted by molar-refractivity contribution is 5.51. The number of ether oxygens (including phenoxy) is 1. The molecule has 0 aliphatic rings. The van der Waals surface area contributed by atoms with E-state index in [1.54, 1.807) is 6.20 Å². The first kappa shape index (κ1) is 15.5. The van der Waals surface area contributed by atoms with Gasteiger partial charge in [-0.05, 0) is 19.8 Å². The van der Waals surface area contributed by atoms with Crippen molar-refractivity contribution in [3.63, 3.8) is 0 Å². The largest absolute Gasteiger partial charge is 0.488 e. The van der Waals surface area contributed by atoms with Crippen molar-refractivity contribution in [1.82, 2.24) is 9.97 Å². The normalized spacial score (nSPS) is 10.3. The summed E-state index contributed by atoms with van der Waals surface area (Å²) in [7, 11) is 0.